The first-order chi connectivity index (χ1) is 9.10. The first-order valence-corrected chi connectivity index (χ1v) is 5.91. The highest BCUT2D eigenvalue weighted by molar-refractivity contribution is 5.89. The first kappa shape index (κ1) is 13.5. The SMILES string of the molecule is O=C(Nc1c(F)cccc1F)N[C@@H]1C=C[C@H](CO)C1. The summed E-state index contributed by atoms with van der Waals surface area (Å²) in [6, 6.07) is 2.43. The molecule has 0 spiro atoms. The van der Waals surface area contributed by atoms with Crippen molar-refractivity contribution in [3.05, 3.63) is 42.0 Å². The number of aliphatic hydroxyl groups is 1. The summed E-state index contributed by atoms with van der Waals surface area (Å²) >= 11 is 0. The second-order valence-corrected chi connectivity index (χ2v) is 4.36. The third-order valence-electron chi connectivity index (χ3n) is 2.92. The molecule has 0 aromatic heterocycles. The fraction of sp³-hybridized carbons (Fsp3) is 0.308. The van der Waals surface area contributed by atoms with Gasteiger partial charge in [-0.3, -0.25) is 0 Å². The molecule has 0 radical (unpaired) electrons. The Labute approximate surface area is 109 Å². The highest BCUT2D eigenvalue weighted by Gasteiger charge is 2.20. The van der Waals surface area contributed by atoms with Gasteiger partial charge in [0.25, 0.3) is 0 Å². The largest absolute Gasteiger partial charge is 0.396 e. The summed E-state index contributed by atoms with van der Waals surface area (Å²) in [5.74, 6) is -1.65. The zero-order chi connectivity index (χ0) is 13.8. The van der Waals surface area contributed by atoms with E-state index in [9.17, 15) is 13.6 Å². The fourth-order valence-electron chi connectivity index (χ4n) is 1.95. The molecule has 0 heterocycles. The molecule has 19 heavy (non-hydrogen) atoms. The Balaban J connectivity index is 1.94. The van der Waals surface area contributed by atoms with Crippen LogP contribution >= 0.6 is 0 Å². The number of nitrogens with one attached hydrogen (secondary N) is 2. The Bertz CT molecular complexity index is 485. The molecule has 2 rings (SSSR count). The number of aliphatic hydroxyl groups excluding tert-OH is 1. The van der Waals surface area contributed by atoms with Crippen LogP contribution in [0.25, 0.3) is 0 Å². The molecule has 1 aliphatic rings. The van der Waals surface area contributed by atoms with Gasteiger partial charge in [0.2, 0.25) is 0 Å². The van der Waals surface area contributed by atoms with Crippen LogP contribution in [0.3, 0.4) is 0 Å². The van der Waals surface area contributed by atoms with Crippen LogP contribution in [0, 0.1) is 17.6 Å². The number of anilines is 1. The lowest BCUT2D eigenvalue weighted by Crippen LogP contribution is -2.36. The topological polar surface area (TPSA) is 61.4 Å². The predicted octanol–water partition coefficient (Wildman–Crippen LogP) is 2.02. The number of carbonyl (C=O) groups excluding carboxylic acids is 1. The minimum absolute atomic E-state index is 0.00972. The maximum Gasteiger partial charge on any atom is 0.319 e. The van der Waals surface area contributed by atoms with Crippen LogP contribution in [0.2, 0.25) is 0 Å². The minimum atomic E-state index is -0.828. The summed E-state index contributed by atoms with van der Waals surface area (Å²) in [6.07, 6.45) is 4.12. The highest BCUT2D eigenvalue weighted by Crippen LogP contribution is 2.19. The Kier molecular flexibility index (Phi) is 4.11. The Morgan fingerprint density at radius 1 is 1.32 bits per heavy atom. The third kappa shape index (κ3) is 3.29. The van der Waals surface area contributed by atoms with Gasteiger partial charge in [0.15, 0.2) is 0 Å². The van der Waals surface area contributed by atoms with Crippen molar-refractivity contribution >= 4 is 11.7 Å². The molecular formula is C13H14F2N2O2. The number of carbonyl (C=O) groups is 1. The number of amides is 2. The molecule has 6 heteroatoms. The molecule has 0 saturated heterocycles. The van der Waals surface area contributed by atoms with Crippen molar-refractivity contribution in [2.24, 2.45) is 5.92 Å². The standard InChI is InChI=1S/C13H14F2N2O2/c14-10-2-1-3-11(15)12(10)17-13(19)16-9-5-4-8(6-9)7-18/h1-5,8-9,18H,6-7H2,(H2,16,17,19)/t8-,9+/m0/s1. The normalized spacial score (nSPS) is 21.4. The smallest absolute Gasteiger partial charge is 0.319 e. The van der Waals surface area contributed by atoms with Crippen molar-refractivity contribution in [1.29, 1.82) is 0 Å². The van der Waals surface area contributed by atoms with Gasteiger partial charge in [0.1, 0.15) is 17.3 Å². The van der Waals surface area contributed by atoms with Crippen LogP contribution in [-0.2, 0) is 0 Å². The van der Waals surface area contributed by atoms with Crippen molar-refractivity contribution in [2.45, 2.75) is 12.5 Å². The number of benzene rings is 1. The summed E-state index contributed by atoms with van der Waals surface area (Å²) in [5.41, 5.74) is -0.472. The van der Waals surface area contributed by atoms with Crippen molar-refractivity contribution in [1.82, 2.24) is 5.32 Å². The van der Waals surface area contributed by atoms with Crippen molar-refractivity contribution in [3.63, 3.8) is 0 Å². The van der Waals surface area contributed by atoms with Crippen molar-refractivity contribution in [3.8, 4) is 0 Å². The number of hydrogen-bond donors (Lipinski definition) is 3. The molecule has 0 unspecified atom stereocenters. The quantitative estimate of drug-likeness (QED) is 0.734. The van der Waals surface area contributed by atoms with E-state index in [0.29, 0.717) is 6.42 Å². The minimum Gasteiger partial charge on any atom is -0.396 e. The molecule has 102 valence electrons. The number of halogens is 2. The number of rotatable bonds is 3. The molecule has 3 N–H and O–H groups in total. The summed E-state index contributed by atoms with van der Waals surface area (Å²) in [7, 11) is 0. The van der Waals surface area contributed by atoms with E-state index < -0.39 is 23.4 Å². The van der Waals surface area contributed by atoms with Crippen LogP contribution in [0.4, 0.5) is 19.3 Å². The maximum absolute atomic E-state index is 13.3. The lowest BCUT2D eigenvalue weighted by Gasteiger charge is -2.14. The van der Waals surface area contributed by atoms with Gasteiger partial charge in [0, 0.05) is 18.6 Å². The molecule has 2 amide bonds. The van der Waals surface area contributed by atoms with E-state index in [1.807, 2.05) is 0 Å². The summed E-state index contributed by atoms with van der Waals surface area (Å²) in [4.78, 5) is 11.6. The highest BCUT2D eigenvalue weighted by atomic mass is 19.1. The first-order valence-electron chi connectivity index (χ1n) is 5.91. The molecule has 0 fully saturated rings. The van der Waals surface area contributed by atoms with Gasteiger partial charge in [0.05, 0.1) is 0 Å². The van der Waals surface area contributed by atoms with Gasteiger partial charge >= 0.3 is 6.03 Å². The molecule has 2 atom stereocenters. The zero-order valence-electron chi connectivity index (χ0n) is 10.1. The summed E-state index contributed by atoms with van der Waals surface area (Å²) in [5, 5.41) is 13.7. The number of hydrogen-bond acceptors (Lipinski definition) is 2. The molecule has 0 saturated carbocycles. The van der Waals surface area contributed by atoms with Gasteiger partial charge in [-0.15, -0.1) is 0 Å². The van der Waals surface area contributed by atoms with Crippen LogP contribution in [0.1, 0.15) is 6.42 Å². The van der Waals surface area contributed by atoms with Crippen LogP contribution in [0.5, 0.6) is 0 Å². The van der Waals surface area contributed by atoms with E-state index in [1.54, 1.807) is 12.2 Å². The monoisotopic (exact) mass is 268 g/mol. The maximum atomic E-state index is 13.3. The summed E-state index contributed by atoms with van der Waals surface area (Å²) < 4.78 is 26.6. The number of para-hydroxylation sites is 1. The lowest BCUT2D eigenvalue weighted by atomic mass is 10.1. The van der Waals surface area contributed by atoms with E-state index in [-0.39, 0.29) is 18.6 Å². The van der Waals surface area contributed by atoms with E-state index >= 15 is 0 Å². The predicted molar refractivity (Wildman–Crippen MR) is 66.6 cm³/mol. The van der Waals surface area contributed by atoms with E-state index in [1.165, 1.54) is 6.07 Å². The Morgan fingerprint density at radius 2 is 2.00 bits per heavy atom. The molecule has 4 nitrogen and oxygen atoms in total. The molecule has 1 aromatic carbocycles. The molecule has 1 aromatic rings. The van der Waals surface area contributed by atoms with Crippen molar-refractivity contribution < 1.29 is 18.7 Å². The van der Waals surface area contributed by atoms with E-state index in [0.717, 1.165) is 12.1 Å². The molecular weight excluding hydrogens is 254 g/mol. The van der Waals surface area contributed by atoms with E-state index in [2.05, 4.69) is 10.6 Å². The lowest BCUT2D eigenvalue weighted by molar-refractivity contribution is 0.238. The van der Waals surface area contributed by atoms with Gasteiger partial charge in [-0.2, -0.15) is 0 Å². The average Bonchev–Trinajstić information content (AvgIpc) is 2.81. The molecule has 0 bridgehead atoms. The molecule has 1 aliphatic carbocycles. The fourth-order valence-corrected chi connectivity index (χ4v) is 1.95. The number of urea groups is 1. The second-order valence-electron chi connectivity index (χ2n) is 4.36. The van der Waals surface area contributed by atoms with E-state index in [4.69, 9.17) is 5.11 Å². The van der Waals surface area contributed by atoms with Gasteiger partial charge in [-0.05, 0) is 18.6 Å². The third-order valence-corrected chi connectivity index (χ3v) is 2.92. The molecule has 0 aliphatic heterocycles. The summed E-state index contributed by atoms with van der Waals surface area (Å²) in [6.45, 7) is 0.0121. The average molecular weight is 268 g/mol. The van der Waals surface area contributed by atoms with Gasteiger partial charge in [-0.25, -0.2) is 13.6 Å². The van der Waals surface area contributed by atoms with Crippen LogP contribution < -0.4 is 10.6 Å². The van der Waals surface area contributed by atoms with Gasteiger partial charge < -0.3 is 15.7 Å². The van der Waals surface area contributed by atoms with Gasteiger partial charge in [-0.1, -0.05) is 18.2 Å². The Morgan fingerprint density at radius 3 is 2.58 bits per heavy atom. The van der Waals surface area contributed by atoms with Crippen molar-refractivity contribution in [2.75, 3.05) is 11.9 Å². The second kappa shape index (κ2) is 5.79. The van der Waals surface area contributed by atoms with Crippen LogP contribution in [-0.4, -0.2) is 23.8 Å². The van der Waals surface area contributed by atoms with Crippen LogP contribution in [0.15, 0.2) is 30.4 Å². The Hall–Kier alpha value is -1.95. The zero-order valence-corrected chi connectivity index (χ0v) is 10.1.